The fourth-order valence-corrected chi connectivity index (χ4v) is 8.68. The molecule has 0 bridgehead atoms. The highest BCUT2D eigenvalue weighted by Gasteiger charge is 2.57. The molecule has 0 radical (unpaired) electrons. The smallest absolute Gasteiger partial charge is 0.333 e. The van der Waals surface area contributed by atoms with Gasteiger partial charge in [-0.3, -0.25) is 23.5 Å². The highest BCUT2D eigenvalue weighted by Crippen LogP contribution is 2.46. The maximum Gasteiger partial charge on any atom is 0.333 e. The Kier molecular flexibility index (Phi) is 16.3. The Labute approximate surface area is 339 Å². The number of aliphatic hydroxyl groups excluding tert-OH is 1. The van der Waals surface area contributed by atoms with Crippen LogP contribution in [0.2, 0.25) is 36.3 Å². The molecule has 2 aromatic rings. The number of aliphatic carboxylic acids is 1. The number of methoxy groups -OCH3 is 1. The van der Waals surface area contributed by atoms with E-state index in [-0.39, 0.29) is 41.5 Å². The van der Waals surface area contributed by atoms with Crippen LogP contribution in [0.25, 0.3) is 0 Å². The predicted octanol–water partition coefficient (Wildman–Crippen LogP) is 4.03. The van der Waals surface area contributed by atoms with E-state index in [1.807, 2.05) is 26.9 Å². The SMILES string of the molecule is COc1ccc(Cn2c(=O)ccn([C@@H]3OC([C@H](O)[C@H](NCCCNC(=O)[C@H](N)CC(C)C)C(=O)O)[C@@H](O[Si](C)(C)C(C)(C)C)[C@H]3O[Si](C)(C)C(C)(C)C)c2=O)cc1. The highest BCUT2D eigenvalue weighted by molar-refractivity contribution is 6.74. The summed E-state index contributed by atoms with van der Waals surface area (Å²) in [5, 5.41) is 27.7. The molecular weight excluding hydrogens is 767 g/mol. The number of hydrogen-bond acceptors (Lipinski definition) is 11. The van der Waals surface area contributed by atoms with Crippen molar-refractivity contribution in [1.29, 1.82) is 0 Å². The molecule has 1 aliphatic rings. The van der Waals surface area contributed by atoms with E-state index in [0.717, 1.165) is 4.57 Å². The maximum absolute atomic E-state index is 14.4. The van der Waals surface area contributed by atoms with Crippen LogP contribution in [0.3, 0.4) is 0 Å². The summed E-state index contributed by atoms with van der Waals surface area (Å²) >= 11 is 0. The number of aromatic nitrogens is 2. The van der Waals surface area contributed by atoms with E-state index in [1.54, 1.807) is 31.4 Å². The van der Waals surface area contributed by atoms with Crippen molar-refractivity contribution >= 4 is 28.5 Å². The molecule has 7 atom stereocenters. The van der Waals surface area contributed by atoms with Crippen LogP contribution in [0.15, 0.2) is 46.1 Å². The third kappa shape index (κ3) is 12.2. The van der Waals surface area contributed by atoms with E-state index in [2.05, 4.69) is 65.3 Å². The summed E-state index contributed by atoms with van der Waals surface area (Å²) in [5.41, 5.74) is 5.50. The third-order valence-corrected chi connectivity index (χ3v) is 20.5. The molecule has 6 N–H and O–H groups in total. The van der Waals surface area contributed by atoms with E-state index >= 15 is 0 Å². The summed E-state index contributed by atoms with van der Waals surface area (Å²) in [5.74, 6) is -0.728. The first-order valence-electron chi connectivity index (χ1n) is 19.9. The minimum Gasteiger partial charge on any atom is -0.497 e. The van der Waals surface area contributed by atoms with Crippen molar-refractivity contribution in [2.75, 3.05) is 20.2 Å². The molecule has 322 valence electrons. The van der Waals surface area contributed by atoms with Gasteiger partial charge in [-0.2, -0.15) is 0 Å². The average molecular weight is 836 g/mol. The number of nitrogens with one attached hydrogen (secondary N) is 2. The van der Waals surface area contributed by atoms with Crippen LogP contribution < -0.4 is 32.4 Å². The molecule has 1 aromatic carbocycles. The minimum absolute atomic E-state index is 0.0337. The number of rotatable bonds is 19. The first-order valence-corrected chi connectivity index (χ1v) is 25.7. The normalized spacial score (nSPS) is 21.0. The van der Waals surface area contributed by atoms with Crippen LogP contribution in [0.5, 0.6) is 5.75 Å². The van der Waals surface area contributed by atoms with Crippen molar-refractivity contribution in [2.24, 2.45) is 11.7 Å². The van der Waals surface area contributed by atoms with Gasteiger partial charge in [0.25, 0.3) is 5.56 Å². The average Bonchev–Trinajstić information content (AvgIpc) is 3.42. The molecule has 0 spiro atoms. The molecule has 1 saturated heterocycles. The molecule has 57 heavy (non-hydrogen) atoms. The van der Waals surface area contributed by atoms with Crippen LogP contribution in [-0.4, -0.2) is 105 Å². The zero-order valence-electron chi connectivity index (χ0n) is 36.3. The molecule has 1 fully saturated rings. The van der Waals surface area contributed by atoms with Crippen molar-refractivity contribution in [3.8, 4) is 5.75 Å². The van der Waals surface area contributed by atoms with Gasteiger partial charge >= 0.3 is 11.7 Å². The number of aliphatic hydroxyl groups is 1. The van der Waals surface area contributed by atoms with Gasteiger partial charge in [0.2, 0.25) is 5.91 Å². The van der Waals surface area contributed by atoms with Gasteiger partial charge in [-0.25, -0.2) is 4.79 Å². The lowest BCUT2D eigenvalue weighted by molar-refractivity contribution is -0.149. The molecule has 1 aliphatic heterocycles. The molecule has 1 aromatic heterocycles. The van der Waals surface area contributed by atoms with Crippen LogP contribution in [0.1, 0.15) is 80.0 Å². The van der Waals surface area contributed by atoms with Crippen molar-refractivity contribution in [3.05, 3.63) is 62.9 Å². The van der Waals surface area contributed by atoms with Gasteiger partial charge in [0.05, 0.1) is 19.7 Å². The van der Waals surface area contributed by atoms with Gasteiger partial charge in [-0.1, -0.05) is 67.5 Å². The Bertz CT molecular complexity index is 1770. The second-order valence-electron chi connectivity index (χ2n) is 18.6. The van der Waals surface area contributed by atoms with E-state index in [4.69, 9.17) is 24.1 Å². The van der Waals surface area contributed by atoms with E-state index in [9.17, 15) is 29.4 Å². The van der Waals surface area contributed by atoms with Crippen LogP contribution >= 0.6 is 0 Å². The Hall–Kier alpha value is -3.17. The lowest BCUT2D eigenvalue weighted by Gasteiger charge is -2.44. The number of ether oxygens (including phenoxy) is 2. The maximum atomic E-state index is 14.4. The Morgan fingerprint density at radius 2 is 1.49 bits per heavy atom. The second-order valence-corrected chi connectivity index (χ2v) is 28.1. The number of carboxylic acid groups (broad SMARTS) is 1. The van der Waals surface area contributed by atoms with Gasteiger partial charge in [0.15, 0.2) is 22.9 Å². The summed E-state index contributed by atoms with van der Waals surface area (Å²) in [7, 11) is -3.84. The number of carboxylic acids is 1. The second kappa shape index (κ2) is 19.3. The zero-order chi connectivity index (χ0) is 43.3. The fraction of sp³-hybridized carbons (Fsp3) is 0.700. The lowest BCUT2D eigenvalue weighted by Crippen LogP contribution is -2.59. The summed E-state index contributed by atoms with van der Waals surface area (Å²) < 4.78 is 28.4. The number of benzene rings is 1. The number of carbonyl (C=O) groups excluding carboxylic acids is 1. The zero-order valence-corrected chi connectivity index (χ0v) is 38.3. The number of hydrogen-bond donors (Lipinski definition) is 5. The number of nitrogens with two attached hydrogens (primary N) is 1. The largest absolute Gasteiger partial charge is 0.497 e. The van der Waals surface area contributed by atoms with Crippen molar-refractivity contribution < 1.29 is 38.1 Å². The van der Waals surface area contributed by atoms with Gasteiger partial charge in [-0.15, -0.1) is 0 Å². The minimum atomic E-state index is -2.70. The van der Waals surface area contributed by atoms with Crippen LogP contribution in [0.4, 0.5) is 0 Å². The van der Waals surface area contributed by atoms with E-state index in [0.29, 0.717) is 24.2 Å². The monoisotopic (exact) mass is 835 g/mol. The number of amides is 1. The van der Waals surface area contributed by atoms with E-state index in [1.165, 1.54) is 16.8 Å². The number of nitrogens with zero attached hydrogens (tertiary/aromatic N) is 2. The molecule has 15 nitrogen and oxygen atoms in total. The van der Waals surface area contributed by atoms with Crippen molar-refractivity contribution in [2.45, 2.75) is 154 Å². The summed E-state index contributed by atoms with van der Waals surface area (Å²) in [4.78, 5) is 52.9. The summed E-state index contributed by atoms with van der Waals surface area (Å²) in [6.07, 6.45) is -3.91. The van der Waals surface area contributed by atoms with Gasteiger partial charge in [0, 0.05) is 18.8 Å². The molecule has 0 aliphatic carbocycles. The molecule has 3 rings (SSSR count). The van der Waals surface area contributed by atoms with E-state index < -0.39 is 76.6 Å². The van der Waals surface area contributed by atoms with Gasteiger partial charge < -0.3 is 44.9 Å². The first-order chi connectivity index (χ1) is 26.2. The number of carbonyl (C=O) groups is 2. The Balaban J connectivity index is 2.09. The molecule has 1 amide bonds. The first kappa shape index (κ1) is 48.2. The molecule has 2 heterocycles. The Morgan fingerprint density at radius 1 is 0.930 bits per heavy atom. The van der Waals surface area contributed by atoms with Crippen LogP contribution in [0, 0.1) is 5.92 Å². The predicted molar refractivity (Wildman–Crippen MR) is 226 cm³/mol. The topological polar surface area (TPSA) is 206 Å². The van der Waals surface area contributed by atoms with Crippen molar-refractivity contribution in [1.82, 2.24) is 19.8 Å². The molecular formula is C40H69N5O10Si2. The quantitative estimate of drug-likeness (QED) is 0.101. The molecule has 1 unspecified atom stereocenters. The summed E-state index contributed by atoms with van der Waals surface area (Å²) in [6, 6.07) is 6.13. The fourth-order valence-electron chi connectivity index (χ4n) is 6.09. The van der Waals surface area contributed by atoms with Gasteiger partial charge in [-0.05, 0) is 79.3 Å². The highest BCUT2D eigenvalue weighted by atomic mass is 28.4. The molecule has 0 saturated carbocycles. The van der Waals surface area contributed by atoms with Crippen molar-refractivity contribution in [3.63, 3.8) is 0 Å². The van der Waals surface area contributed by atoms with Gasteiger partial charge in [0.1, 0.15) is 36.2 Å². The Morgan fingerprint density at radius 3 is 2.00 bits per heavy atom. The summed E-state index contributed by atoms with van der Waals surface area (Å²) in [6.45, 7) is 24.9. The standard InChI is InChI=1S/C40H69N5O10Si2/c1-25(2)23-28(41)35(48)43-21-14-20-42-30(37(49)50)31(47)32-33(54-56(10,11)39(3,4)5)34(55-57(12,13)40(6,7)8)36(53-32)44-22-19-29(46)45(38(44)51)24-26-15-17-27(52-9)18-16-26/h15-19,22,25,28,30-34,36,42,47H,14,20-21,23-24,41H2,1-13H3,(H,43,48)(H,49,50)/t28-,30+,31-,32?,33-,34-,36-/m1/s1. The van der Waals surface area contributed by atoms with Crippen LogP contribution in [-0.2, 0) is 29.7 Å². The molecule has 17 heteroatoms. The lowest BCUT2D eigenvalue weighted by atomic mass is 9.99. The third-order valence-electron chi connectivity index (χ3n) is 11.6.